The fraction of sp³-hybridized carbons (Fsp3) is 0.929. The molecule has 0 aromatic rings. The lowest BCUT2D eigenvalue weighted by Gasteiger charge is -2.28. The van der Waals surface area contributed by atoms with Crippen LogP contribution in [-0.2, 0) is 4.79 Å². The highest BCUT2D eigenvalue weighted by Crippen LogP contribution is 2.47. The van der Waals surface area contributed by atoms with Crippen LogP contribution in [0, 0.1) is 23.2 Å². The normalized spacial score (nSPS) is 31.9. The molecule has 4 heteroatoms. The fourth-order valence-corrected chi connectivity index (χ4v) is 3.36. The van der Waals surface area contributed by atoms with E-state index in [1.54, 1.807) is 0 Å². The molecule has 2 bridgehead atoms. The van der Waals surface area contributed by atoms with E-state index >= 15 is 0 Å². The minimum atomic E-state index is -0.402. The first-order valence-corrected chi connectivity index (χ1v) is 6.91. The molecule has 3 N–H and O–H groups in total. The van der Waals surface area contributed by atoms with Gasteiger partial charge in [0.2, 0.25) is 5.91 Å². The topological polar surface area (TPSA) is 55.1 Å². The summed E-state index contributed by atoms with van der Waals surface area (Å²) in [6.45, 7) is 6.86. The monoisotopic (exact) mass is 274 g/mol. The van der Waals surface area contributed by atoms with Crippen LogP contribution >= 0.6 is 12.4 Å². The third kappa shape index (κ3) is 3.39. The Labute approximate surface area is 117 Å². The highest BCUT2D eigenvalue weighted by Gasteiger charge is 2.39. The summed E-state index contributed by atoms with van der Waals surface area (Å²) < 4.78 is 0. The van der Waals surface area contributed by atoms with Crippen LogP contribution in [-0.4, -0.2) is 18.5 Å². The second-order valence-corrected chi connectivity index (χ2v) is 7.02. The molecule has 1 amide bonds. The van der Waals surface area contributed by atoms with Gasteiger partial charge in [-0.2, -0.15) is 0 Å². The summed E-state index contributed by atoms with van der Waals surface area (Å²) in [4.78, 5) is 11.9. The molecule has 2 rings (SSSR count). The summed E-state index contributed by atoms with van der Waals surface area (Å²) in [6.07, 6.45) is 5.49. The molecule has 3 nitrogen and oxygen atoms in total. The minimum absolute atomic E-state index is 0. The van der Waals surface area contributed by atoms with Crippen molar-refractivity contribution < 1.29 is 4.79 Å². The number of carbonyl (C=O) groups excluding carboxylic acids is 1. The van der Waals surface area contributed by atoms with E-state index in [4.69, 9.17) is 5.73 Å². The number of nitrogens with two attached hydrogens (primary N) is 1. The Morgan fingerprint density at radius 2 is 2.00 bits per heavy atom. The average molecular weight is 275 g/mol. The van der Waals surface area contributed by atoms with E-state index in [0.717, 1.165) is 18.4 Å². The van der Waals surface area contributed by atoms with Gasteiger partial charge in [0.1, 0.15) is 0 Å². The van der Waals surface area contributed by atoms with Gasteiger partial charge in [0.05, 0.1) is 6.04 Å². The van der Waals surface area contributed by atoms with Gasteiger partial charge in [-0.05, 0) is 42.4 Å². The Balaban J connectivity index is 0.00000162. The molecule has 4 atom stereocenters. The van der Waals surface area contributed by atoms with Gasteiger partial charge >= 0.3 is 0 Å². The first kappa shape index (κ1) is 15.8. The van der Waals surface area contributed by atoms with Crippen LogP contribution in [0.25, 0.3) is 0 Å². The van der Waals surface area contributed by atoms with Crippen molar-refractivity contribution in [2.45, 2.75) is 52.5 Å². The van der Waals surface area contributed by atoms with Gasteiger partial charge in [0, 0.05) is 6.54 Å². The number of nitrogens with one attached hydrogen (secondary N) is 1. The molecule has 106 valence electrons. The van der Waals surface area contributed by atoms with Crippen molar-refractivity contribution in [1.82, 2.24) is 5.32 Å². The van der Waals surface area contributed by atoms with Crippen LogP contribution in [0.5, 0.6) is 0 Å². The lowest BCUT2D eigenvalue weighted by atomic mass is 9.86. The zero-order valence-electron chi connectivity index (χ0n) is 11.7. The van der Waals surface area contributed by atoms with Gasteiger partial charge in [-0.25, -0.2) is 0 Å². The van der Waals surface area contributed by atoms with Gasteiger partial charge in [-0.1, -0.05) is 27.2 Å². The van der Waals surface area contributed by atoms with Crippen molar-refractivity contribution >= 4 is 18.3 Å². The molecule has 2 saturated carbocycles. The van der Waals surface area contributed by atoms with E-state index in [1.807, 2.05) is 20.8 Å². The van der Waals surface area contributed by atoms with E-state index in [-0.39, 0.29) is 23.7 Å². The van der Waals surface area contributed by atoms with Crippen LogP contribution < -0.4 is 11.1 Å². The fourth-order valence-electron chi connectivity index (χ4n) is 3.36. The molecule has 2 fully saturated rings. The molecule has 0 radical (unpaired) electrons. The number of halogens is 1. The van der Waals surface area contributed by atoms with E-state index in [1.165, 1.54) is 25.7 Å². The van der Waals surface area contributed by atoms with E-state index < -0.39 is 6.04 Å². The summed E-state index contributed by atoms with van der Waals surface area (Å²) in [7, 11) is 0. The lowest BCUT2D eigenvalue weighted by molar-refractivity contribution is -0.124. The zero-order chi connectivity index (χ0) is 12.6. The molecule has 18 heavy (non-hydrogen) atoms. The third-order valence-electron chi connectivity index (χ3n) is 4.64. The van der Waals surface area contributed by atoms with Crippen LogP contribution in [0.15, 0.2) is 0 Å². The number of hydrogen-bond donors (Lipinski definition) is 2. The van der Waals surface area contributed by atoms with Crippen molar-refractivity contribution in [3.8, 4) is 0 Å². The SMILES string of the molecule is CC(C)(C)[C@H](N)C(=O)NCC1CC2CCC1C2.Cl. The summed E-state index contributed by atoms with van der Waals surface area (Å²) in [5, 5.41) is 3.05. The predicted molar refractivity (Wildman–Crippen MR) is 76.6 cm³/mol. The van der Waals surface area contributed by atoms with Gasteiger partial charge in [-0.3, -0.25) is 4.79 Å². The van der Waals surface area contributed by atoms with Crippen molar-refractivity contribution in [2.24, 2.45) is 28.9 Å². The predicted octanol–water partition coefficient (Wildman–Crippen LogP) is 2.33. The first-order valence-electron chi connectivity index (χ1n) is 6.91. The van der Waals surface area contributed by atoms with Gasteiger partial charge < -0.3 is 11.1 Å². The number of hydrogen-bond acceptors (Lipinski definition) is 2. The van der Waals surface area contributed by atoms with Gasteiger partial charge in [0.15, 0.2) is 0 Å². The molecule has 0 saturated heterocycles. The van der Waals surface area contributed by atoms with Gasteiger partial charge in [0.25, 0.3) is 0 Å². The highest BCUT2D eigenvalue weighted by molar-refractivity contribution is 5.85. The van der Waals surface area contributed by atoms with Crippen molar-refractivity contribution in [3.63, 3.8) is 0 Å². The Hall–Kier alpha value is -0.280. The van der Waals surface area contributed by atoms with Crippen molar-refractivity contribution in [1.29, 1.82) is 0 Å². The second-order valence-electron chi connectivity index (χ2n) is 7.02. The molecule has 0 aliphatic heterocycles. The molecule has 3 unspecified atom stereocenters. The number of carbonyl (C=O) groups is 1. The molecule has 0 aromatic carbocycles. The van der Waals surface area contributed by atoms with Crippen LogP contribution in [0.2, 0.25) is 0 Å². The average Bonchev–Trinajstić information content (AvgIpc) is 2.84. The van der Waals surface area contributed by atoms with E-state index in [2.05, 4.69) is 5.32 Å². The number of amides is 1. The minimum Gasteiger partial charge on any atom is -0.354 e. The Morgan fingerprint density at radius 3 is 2.44 bits per heavy atom. The molecule has 0 heterocycles. The third-order valence-corrected chi connectivity index (χ3v) is 4.64. The molecule has 2 aliphatic rings. The first-order chi connectivity index (χ1) is 7.88. The number of rotatable bonds is 3. The quantitative estimate of drug-likeness (QED) is 0.830. The molecular weight excluding hydrogens is 248 g/mol. The Bertz CT molecular complexity index is 301. The van der Waals surface area contributed by atoms with Crippen LogP contribution in [0.1, 0.15) is 46.5 Å². The Morgan fingerprint density at radius 1 is 1.33 bits per heavy atom. The van der Waals surface area contributed by atoms with Crippen molar-refractivity contribution in [2.75, 3.05) is 6.54 Å². The smallest absolute Gasteiger partial charge is 0.237 e. The molecule has 0 aromatic heterocycles. The maximum absolute atomic E-state index is 11.9. The molecule has 2 aliphatic carbocycles. The van der Waals surface area contributed by atoms with E-state index in [9.17, 15) is 4.79 Å². The largest absolute Gasteiger partial charge is 0.354 e. The zero-order valence-corrected chi connectivity index (χ0v) is 12.6. The second kappa shape index (κ2) is 5.79. The highest BCUT2D eigenvalue weighted by atomic mass is 35.5. The lowest BCUT2D eigenvalue weighted by Crippen LogP contribution is -2.49. The standard InChI is InChI=1S/C14H26N2O.ClH/c1-14(2,3)12(15)13(17)16-8-11-7-9-4-5-10(11)6-9;/h9-12H,4-8,15H2,1-3H3,(H,16,17);1H/t9?,10?,11?,12-;/m1./s1. The maximum Gasteiger partial charge on any atom is 0.237 e. The summed E-state index contributed by atoms with van der Waals surface area (Å²) in [5.74, 6) is 2.54. The van der Waals surface area contributed by atoms with Crippen LogP contribution in [0.4, 0.5) is 0 Å². The summed E-state index contributed by atoms with van der Waals surface area (Å²) in [5.41, 5.74) is 5.79. The van der Waals surface area contributed by atoms with Crippen molar-refractivity contribution in [3.05, 3.63) is 0 Å². The van der Waals surface area contributed by atoms with E-state index in [0.29, 0.717) is 5.92 Å². The Kier molecular flexibility index (Phi) is 5.07. The number of fused-ring (bicyclic) bond motifs is 2. The molecule has 0 spiro atoms. The van der Waals surface area contributed by atoms with Crippen LogP contribution in [0.3, 0.4) is 0 Å². The molecular formula is C14H27ClN2O. The summed E-state index contributed by atoms with van der Waals surface area (Å²) in [6, 6.07) is -0.402. The summed E-state index contributed by atoms with van der Waals surface area (Å²) >= 11 is 0. The maximum atomic E-state index is 11.9. The van der Waals surface area contributed by atoms with Gasteiger partial charge in [-0.15, -0.1) is 12.4 Å².